The smallest absolute Gasteiger partial charge is 0.191 e. The summed E-state index contributed by atoms with van der Waals surface area (Å²) in [7, 11) is 2.01. The zero-order chi connectivity index (χ0) is 19.8. The van der Waals surface area contributed by atoms with Crippen molar-refractivity contribution in [1.29, 1.82) is 0 Å². The van der Waals surface area contributed by atoms with Gasteiger partial charge in [0.1, 0.15) is 0 Å². The maximum atomic E-state index is 4.86. The molecule has 1 aromatic heterocycles. The van der Waals surface area contributed by atoms with E-state index >= 15 is 0 Å². The van der Waals surface area contributed by atoms with Crippen molar-refractivity contribution in [2.45, 2.75) is 66.3 Å². The minimum absolute atomic E-state index is 0.307. The minimum Gasteiger partial charge on any atom is -0.357 e. The molecule has 2 heterocycles. The molecular formula is C21H40N6. The third-order valence-electron chi connectivity index (χ3n) is 5.48. The van der Waals surface area contributed by atoms with Gasteiger partial charge in [0.25, 0.3) is 0 Å². The number of likely N-dealkylation sites (tertiary alicyclic amines) is 1. The molecular weight excluding hydrogens is 336 g/mol. The molecule has 1 fully saturated rings. The van der Waals surface area contributed by atoms with Crippen molar-refractivity contribution in [3.8, 4) is 0 Å². The summed E-state index contributed by atoms with van der Waals surface area (Å²) < 4.78 is 1.97. The lowest BCUT2D eigenvalue weighted by Crippen LogP contribution is -2.43. The Kier molecular flexibility index (Phi) is 8.61. The number of piperidine rings is 1. The van der Waals surface area contributed by atoms with E-state index in [1.165, 1.54) is 43.6 Å². The average molecular weight is 377 g/mol. The highest BCUT2D eigenvalue weighted by atomic mass is 15.3. The molecule has 6 nitrogen and oxygen atoms in total. The van der Waals surface area contributed by atoms with Crippen LogP contribution in [0.25, 0.3) is 0 Å². The molecule has 154 valence electrons. The van der Waals surface area contributed by atoms with Crippen LogP contribution in [0, 0.1) is 19.8 Å². The van der Waals surface area contributed by atoms with Crippen LogP contribution in [0.3, 0.4) is 0 Å². The molecule has 0 saturated carbocycles. The van der Waals surface area contributed by atoms with E-state index in [-0.39, 0.29) is 0 Å². The summed E-state index contributed by atoms with van der Waals surface area (Å²) >= 11 is 0. The molecule has 6 heteroatoms. The lowest BCUT2D eigenvalue weighted by Gasteiger charge is -2.28. The van der Waals surface area contributed by atoms with Gasteiger partial charge in [-0.3, -0.25) is 9.67 Å². The highest BCUT2D eigenvalue weighted by Crippen LogP contribution is 2.14. The van der Waals surface area contributed by atoms with Crippen molar-refractivity contribution in [2.24, 2.45) is 18.0 Å². The van der Waals surface area contributed by atoms with E-state index in [4.69, 9.17) is 4.99 Å². The molecule has 27 heavy (non-hydrogen) atoms. The van der Waals surface area contributed by atoms with Crippen LogP contribution < -0.4 is 10.6 Å². The van der Waals surface area contributed by atoms with Crippen LogP contribution in [0.15, 0.2) is 4.99 Å². The fourth-order valence-electron chi connectivity index (χ4n) is 3.91. The first-order valence-electron chi connectivity index (χ1n) is 10.7. The number of aliphatic imine (C=N–C) groups is 1. The van der Waals surface area contributed by atoms with Gasteiger partial charge in [-0.2, -0.15) is 5.10 Å². The van der Waals surface area contributed by atoms with E-state index in [0.717, 1.165) is 37.7 Å². The Labute approximate surface area is 165 Å². The van der Waals surface area contributed by atoms with E-state index < -0.39 is 0 Å². The maximum Gasteiger partial charge on any atom is 0.191 e. The molecule has 2 unspecified atom stereocenters. The van der Waals surface area contributed by atoms with Crippen molar-refractivity contribution < 1.29 is 0 Å². The maximum absolute atomic E-state index is 4.86. The molecule has 2 N–H and O–H groups in total. The van der Waals surface area contributed by atoms with Crippen LogP contribution in [0.4, 0.5) is 0 Å². The summed E-state index contributed by atoms with van der Waals surface area (Å²) in [6, 6.07) is 0.307. The second-order valence-corrected chi connectivity index (χ2v) is 8.21. The Bertz CT molecular complexity index is 600. The highest BCUT2D eigenvalue weighted by molar-refractivity contribution is 5.80. The number of nitrogens with one attached hydrogen (secondary N) is 2. The average Bonchev–Trinajstić information content (AvgIpc) is 2.87. The molecule has 2 atom stereocenters. The standard InChI is InChI=1S/C21H40N6/c1-7-22-21(23-14-16(2)15-27-11-9-8-10-12-27)24-17(3)13-20-18(4)25-26(6)19(20)5/h16-17H,7-15H2,1-6H3,(H2,22,23,24). The predicted octanol–water partition coefficient (Wildman–Crippen LogP) is 2.65. The van der Waals surface area contributed by atoms with Gasteiger partial charge in [0.2, 0.25) is 0 Å². The summed E-state index contributed by atoms with van der Waals surface area (Å²) in [5.74, 6) is 1.51. The van der Waals surface area contributed by atoms with Gasteiger partial charge in [-0.05, 0) is 71.5 Å². The first-order chi connectivity index (χ1) is 12.9. The quantitative estimate of drug-likeness (QED) is 0.541. The van der Waals surface area contributed by atoms with Crippen molar-refractivity contribution >= 4 is 5.96 Å². The predicted molar refractivity (Wildman–Crippen MR) is 114 cm³/mol. The van der Waals surface area contributed by atoms with Crippen LogP contribution >= 0.6 is 0 Å². The molecule has 1 aliphatic rings. The highest BCUT2D eigenvalue weighted by Gasteiger charge is 2.15. The molecule has 1 aliphatic heterocycles. The zero-order valence-corrected chi connectivity index (χ0v) is 18.3. The third-order valence-corrected chi connectivity index (χ3v) is 5.48. The summed E-state index contributed by atoms with van der Waals surface area (Å²) in [5, 5.41) is 11.5. The molecule has 0 amide bonds. The van der Waals surface area contributed by atoms with Gasteiger partial charge in [0.05, 0.1) is 5.69 Å². The van der Waals surface area contributed by atoms with Crippen LogP contribution in [-0.4, -0.2) is 59.4 Å². The summed E-state index contributed by atoms with van der Waals surface area (Å²) in [4.78, 5) is 7.46. The Morgan fingerprint density at radius 1 is 1.19 bits per heavy atom. The number of hydrogen-bond donors (Lipinski definition) is 2. The lowest BCUT2D eigenvalue weighted by molar-refractivity contribution is 0.203. The zero-order valence-electron chi connectivity index (χ0n) is 18.3. The first-order valence-corrected chi connectivity index (χ1v) is 10.7. The Morgan fingerprint density at radius 2 is 1.89 bits per heavy atom. The number of guanidine groups is 1. The molecule has 0 bridgehead atoms. The van der Waals surface area contributed by atoms with Gasteiger partial charge in [-0.15, -0.1) is 0 Å². The van der Waals surface area contributed by atoms with Crippen molar-refractivity contribution in [2.75, 3.05) is 32.7 Å². The van der Waals surface area contributed by atoms with Gasteiger partial charge in [-0.25, -0.2) is 0 Å². The van der Waals surface area contributed by atoms with Crippen LogP contribution in [-0.2, 0) is 13.5 Å². The summed E-state index contributed by atoms with van der Waals surface area (Å²) in [5.41, 5.74) is 3.71. The normalized spacial score (nSPS) is 18.4. The molecule has 1 aromatic rings. The molecule has 2 rings (SSSR count). The number of nitrogens with zero attached hydrogens (tertiary/aromatic N) is 4. The second-order valence-electron chi connectivity index (χ2n) is 8.21. The van der Waals surface area contributed by atoms with Crippen molar-refractivity contribution in [3.05, 3.63) is 17.0 Å². The fourth-order valence-corrected chi connectivity index (χ4v) is 3.91. The van der Waals surface area contributed by atoms with E-state index in [9.17, 15) is 0 Å². The van der Waals surface area contributed by atoms with Gasteiger partial charge in [0, 0.05) is 38.4 Å². The topological polar surface area (TPSA) is 57.5 Å². The van der Waals surface area contributed by atoms with Gasteiger partial charge < -0.3 is 15.5 Å². The Balaban J connectivity index is 1.87. The largest absolute Gasteiger partial charge is 0.357 e. The first kappa shape index (κ1) is 21.7. The molecule has 1 saturated heterocycles. The number of hydrogen-bond acceptors (Lipinski definition) is 3. The molecule has 0 aromatic carbocycles. The van der Waals surface area contributed by atoms with Crippen LogP contribution in [0.5, 0.6) is 0 Å². The van der Waals surface area contributed by atoms with E-state index in [0.29, 0.717) is 12.0 Å². The van der Waals surface area contributed by atoms with Gasteiger partial charge in [-0.1, -0.05) is 13.3 Å². The minimum atomic E-state index is 0.307. The number of rotatable bonds is 8. The Hall–Kier alpha value is -1.56. The number of aromatic nitrogens is 2. The fraction of sp³-hybridized carbons (Fsp3) is 0.810. The van der Waals surface area contributed by atoms with Crippen molar-refractivity contribution in [1.82, 2.24) is 25.3 Å². The van der Waals surface area contributed by atoms with E-state index in [2.05, 4.69) is 55.3 Å². The third kappa shape index (κ3) is 6.83. The van der Waals surface area contributed by atoms with Crippen LogP contribution in [0.2, 0.25) is 0 Å². The van der Waals surface area contributed by atoms with Gasteiger partial charge in [0.15, 0.2) is 5.96 Å². The van der Waals surface area contributed by atoms with E-state index in [1.54, 1.807) is 0 Å². The van der Waals surface area contributed by atoms with Gasteiger partial charge >= 0.3 is 0 Å². The second kappa shape index (κ2) is 10.7. The van der Waals surface area contributed by atoms with E-state index in [1.807, 2.05) is 11.7 Å². The SMILES string of the molecule is CCNC(=NCC(C)CN1CCCCC1)NC(C)Cc1c(C)nn(C)c1C. The lowest BCUT2D eigenvalue weighted by atomic mass is 10.1. The van der Waals surface area contributed by atoms with Crippen LogP contribution in [0.1, 0.15) is 57.0 Å². The molecule has 0 radical (unpaired) electrons. The number of aryl methyl sites for hydroxylation is 2. The summed E-state index contributed by atoms with van der Waals surface area (Å²) in [6.45, 7) is 16.3. The van der Waals surface area contributed by atoms with Crippen molar-refractivity contribution in [3.63, 3.8) is 0 Å². The molecule has 0 spiro atoms. The summed E-state index contributed by atoms with van der Waals surface area (Å²) in [6.07, 6.45) is 5.06. The molecule has 0 aliphatic carbocycles. The Morgan fingerprint density at radius 3 is 2.48 bits per heavy atom. The monoisotopic (exact) mass is 376 g/mol.